The molecule has 0 radical (unpaired) electrons. The summed E-state index contributed by atoms with van der Waals surface area (Å²) in [5, 5.41) is 19.7. The predicted octanol–water partition coefficient (Wildman–Crippen LogP) is 1.17. The Morgan fingerprint density at radius 3 is 2.74 bits per heavy atom. The first-order chi connectivity index (χ1) is 8.90. The van der Waals surface area contributed by atoms with E-state index in [2.05, 4.69) is 0 Å². The summed E-state index contributed by atoms with van der Waals surface area (Å²) in [5.41, 5.74) is -0.639. The zero-order valence-corrected chi connectivity index (χ0v) is 9.58. The predicted molar refractivity (Wildman–Crippen MR) is 61.2 cm³/mol. The monoisotopic (exact) mass is 268 g/mol. The van der Waals surface area contributed by atoms with Crippen LogP contribution in [0.5, 0.6) is 0 Å². The average molecular weight is 268 g/mol. The maximum Gasteiger partial charge on any atom is 0.308 e. The summed E-state index contributed by atoms with van der Waals surface area (Å²) in [7, 11) is 0. The molecule has 1 atom stereocenters. The van der Waals surface area contributed by atoms with Crippen molar-refractivity contribution >= 4 is 23.3 Å². The normalized spacial score (nSPS) is 18.7. The molecule has 0 saturated carbocycles. The van der Waals surface area contributed by atoms with Crippen LogP contribution in [-0.4, -0.2) is 28.5 Å². The molecule has 1 amide bonds. The van der Waals surface area contributed by atoms with Gasteiger partial charge in [-0.2, -0.15) is 0 Å². The third-order valence-corrected chi connectivity index (χ3v) is 2.90. The Hall–Kier alpha value is -2.51. The largest absolute Gasteiger partial charge is 0.481 e. The van der Waals surface area contributed by atoms with Crippen molar-refractivity contribution in [2.45, 2.75) is 6.42 Å². The molecule has 0 aliphatic carbocycles. The molecule has 2 rings (SSSR count). The Labute approximate surface area is 106 Å². The quantitative estimate of drug-likeness (QED) is 0.655. The summed E-state index contributed by atoms with van der Waals surface area (Å²) in [6.45, 7) is -0.196. The number of anilines is 1. The number of carboxylic acid groups (broad SMARTS) is 1. The highest BCUT2D eigenvalue weighted by atomic mass is 19.1. The van der Waals surface area contributed by atoms with Crippen molar-refractivity contribution in [1.29, 1.82) is 0 Å². The van der Waals surface area contributed by atoms with Crippen molar-refractivity contribution in [1.82, 2.24) is 0 Å². The Bertz CT molecular complexity index is 574. The highest BCUT2D eigenvalue weighted by molar-refractivity contribution is 6.00. The molecule has 1 aliphatic heterocycles. The van der Waals surface area contributed by atoms with Crippen molar-refractivity contribution in [3.05, 3.63) is 34.1 Å². The summed E-state index contributed by atoms with van der Waals surface area (Å²) in [4.78, 5) is 33.6. The lowest BCUT2D eigenvalue weighted by atomic mass is 10.1. The molecule has 1 aliphatic rings. The second kappa shape index (κ2) is 4.63. The van der Waals surface area contributed by atoms with Gasteiger partial charge in [-0.25, -0.2) is 4.39 Å². The number of hydrogen-bond acceptors (Lipinski definition) is 4. The highest BCUT2D eigenvalue weighted by Crippen LogP contribution is 2.33. The molecule has 1 aromatic rings. The Balaban J connectivity index is 2.42. The number of carboxylic acids is 1. The van der Waals surface area contributed by atoms with E-state index in [0.29, 0.717) is 0 Å². The summed E-state index contributed by atoms with van der Waals surface area (Å²) in [5.74, 6) is -3.39. The molecule has 1 fully saturated rings. The lowest BCUT2D eigenvalue weighted by molar-refractivity contribution is -0.384. The fourth-order valence-electron chi connectivity index (χ4n) is 1.97. The smallest absolute Gasteiger partial charge is 0.308 e. The number of halogens is 1. The van der Waals surface area contributed by atoms with E-state index in [1.807, 2.05) is 0 Å². The topological polar surface area (TPSA) is 101 Å². The molecule has 1 aromatic carbocycles. The van der Waals surface area contributed by atoms with Crippen molar-refractivity contribution in [2.75, 3.05) is 11.4 Å². The van der Waals surface area contributed by atoms with Gasteiger partial charge in [-0.15, -0.1) is 0 Å². The number of benzene rings is 1. The van der Waals surface area contributed by atoms with Crippen LogP contribution in [0.2, 0.25) is 0 Å². The first-order valence-corrected chi connectivity index (χ1v) is 5.37. The van der Waals surface area contributed by atoms with Gasteiger partial charge in [0.15, 0.2) is 0 Å². The van der Waals surface area contributed by atoms with E-state index in [9.17, 15) is 24.1 Å². The highest BCUT2D eigenvalue weighted by Gasteiger charge is 2.37. The first-order valence-electron chi connectivity index (χ1n) is 5.37. The fourth-order valence-corrected chi connectivity index (χ4v) is 1.97. The van der Waals surface area contributed by atoms with E-state index in [1.165, 1.54) is 0 Å². The van der Waals surface area contributed by atoms with Crippen molar-refractivity contribution in [3.63, 3.8) is 0 Å². The van der Waals surface area contributed by atoms with E-state index in [0.717, 1.165) is 23.1 Å². The maximum atomic E-state index is 13.2. The standard InChI is InChI=1S/C11H9FN2O5/c12-7-1-2-8(14(18)19)9(4-7)13-5-6(11(16)17)3-10(13)15/h1-2,4,6H,3,5H2,(H,16,17). The van der Waals surface area contributed by atoms with E-state index in [4.69, 9.17) is 5.11 Å². The van der Waals surface area contributed by atoms with Gasteiger partial charge in [0, 0.05) is 25.1 Å². The molecular weight excluding hydrogens is 259 g/mol. The lowest BCUT2D eigenvalue weighted by Crippen LogP contribution is -2.26. The third-order valence-electron chi connectivity index (χ3n) is 2.90. The Kier molecular flexibility index (Phi) is 3.16. The van der Waals surface area contributed by atoms with Gasteiger partial charge in [0.25, 0.3) is 5.69 Å². The van der Waals surface area contributed by atoms with Crippen molar-refractivity contribution < 1.29 is 24.0 Å². The van der Waals surface area contributed by atoms with Crippen LogP contribution in [0.3, 0.4) is 0 Å². The zero-order valence-electron chi connectivity index (χ0n) is 9.58. The molecule has 1 unspecified atom stereocenters. The van der Waals surface area contributed by atoms with Crippen LogP contribution in [0.1, 0.15) is 6.42 Å². The van der Waals surface area contributed by atoms with Crippen LogP contribution in [0.25, 0.3) is 0 Å². The zero-order chi connectivity index (χ0) is 14.2. The van der Waals surface area contributed by atoms with Gasteiger partial charge < -0.3 is 10.0 Å². The third kappa shape index (κ3) is 2.37. The Morgan fingerprint density at radius 2 is 2.21 bits per heavy atom. The molecule has 1 heterocycles. The molecule has 100 valence electrons. The van der Waals surface area contributed by atoms with Crippen LogP contribution in [0, 0.1) is 21.8 Å². The number of amides is 1. The van der Waals surface area contributed by atoms with Gasteiger partial charge in [-0.3, -0.25) is 19.7 Å². The van der Waals surface area contributed by atoms with Crippen LogP contribution >= 0.6 is 0 Å². The lowest BCUT2D eigenvalue weighted by Gasteiger charge is -2.16. The molecular formula is C11H9FN2O5. The number of rotatable bonds is 3. The summed E-state index contributed by atoms with van der Waals surface area (Å²) in [6, 6.07) is 2.73. The van der Waals surface area contributed by atoms with Crippen LogP contribution < -0.4 is 4.90 Å². The minimum absolute atomic E-state index is 0.196. The Morgan fingerprint density at radius 1 is 1.53 bits per heavy atom. The number of nitro groups is 1. The number of nitro benzene ring substituents is 1. The van der Waals surface area contributed by atoms with E-state index >= 15 is 0 Å². The molecule has 0 aromatic heterocycles. The van der Waals surface area contributed by atoms with Gasteiger partial charge in [0.05, 0.1) is 10.8 Å². The minimum Gasteiger partial charge on any atom is -0.481 e. The summed E-state index contributed by atoms with van der Waals surface area (Å²) < 4.78 is 13.2. The summed E-state index contributed by atoms with van der Waals surface area (Å²) >= 11 is 0. The van der Waals surface area contributed by atoms with Crippen molar-refractivity contribution in [3.8, 4) is 0 Å². The van der Waals surface area contributed by atoms with E-state index in [1.54, 1.807) is 0 Å². The fraction of sp³-hybridized carbons (Fsp3) is 0.273. The summed E-state index contributed by atoms with van der Waals surface area (Å²) in [6.07, 6.45) is -0.247. The van der Waals surface area contributed by atoms with Gasteiger partial charge in [0.1, 0.15) is 11.5 Å². The molecule has 1 saturated heterocycles. The average Bonchev–Trinajstić information content (AvgIpc) is 2.71. The van der Waals surface area contributed by atoms with Gasteiger partial charge in [-0.1, -0.05) is 0 Å². The number of carbonyl (C=O) groups is 2. The van der Waals surface area contributed by atoms with Gasteiger partial charge in [0.2, 0.25) is 5.91 Å². The first kappa shape index (κ1) is 12.9. The van der Waals surface area contributed by atoms with E-state index < -0.39 is 34.2 Å². The second-order valence-electron chi connectivity index (χ2n) is 4.13. The number of aliphatic carboxylic acids is 1. The molecule has 19 heavy (non-hydrogen) atoms. The van der Waals surface area contributed by atoms with Gasteiger partial charge in [-0.05, 0) is 6.07 Å². The molecule has 0 spiro atoms. The van der Waals surface area contributed by atoms with Crippen LogP contribution in [0.4, 0.5) is 15.8 Å². The van der Waals surface area contributed by atoms with Crippen LogP contribution in [-0.2, 0) is 9.59 Å². The maximum absolute atomic E-state index is 13.2. The number of nitrogens with zero attached hydrogens (tertiary/aromatic N) is 2. The van der Waals surface area contributed by atoms with Crippen molar-refractivity contribution in [2.24, 2.45) is 5.92 Å². The van der Waals surface area contributed by atoms with Crippen LogP contribution in [0.15, 0.2) is 18.2 Å². The number of hydrogen-bond donors (Lipinski definition) is 1. The minimum atomic E-state index is -1.16. The number of carbonyl (C=O) groups excluding carboxylic acids is 1. The molecule has 0 bridgehead atoms. The molecule has 7 nitrogen and oxygen atoms in total. The molecule has 8 heteroatoms. The van der Waals surface area contributed by atoms with E-state index in [-0.39, 0.29) is 18.7 Å². The second-order valence-corrected chi connectivity index (χ2v) is 4.13. The van der Waals surface area contributed by atoms with Gasteiger partial charge >= 0.3 is 5.97 Å². The molecule has 1 N–H and O–H groups in total. The SMILES string of the molecule is O=C(O)C1CC(=O)N(c2cc(F)ccc2[N+](=O)[O-])C1.